The molecule has 1 saturated carbocycles. The zero-order valence-electron chi connectivity index (χ0n) is 12.8. The maximum atomic E-state index is 11.9. The van der Waals surface area contributed by atoms with Crippen molar-refractivity contribution in [3.05, 3.63) is 17.0 Å². The summed E-state index contributed by atoms with van der Waals surface area (Å²) in [5.41, 5.74) is 3.27. The van der Waals surface area contributed by atoms with Gasteiger partial charge in [-0.2, -0.15) is 5.10 Å². The highest BCUT2D eigenvalue weighted by molar-refractivity contribution is 5.74. The Morgan fingerprint density at radius 2 is 2.00 bits per heavy atom. The number of carbonyl (C=O) groups is 1. The summed E-state index contributed by atoms with van der Waals surface area (Å²) in [5.74, 6) is 0. The first-order valence-corrected chi connectivity index (χ1v) is 7.69. The van der Waals surface area contributed by atoms with Crippen molar-refractivity contribution in [2.75, 3.05) is 0 Å². The quantitative estimate of drug-likeness (QED) is 0.889. The van der Waals surface area contributed by atoms with Crippen LogP contribution in [-0.2, 0) is 13.1 Å². The molecule has 0 aliphatic heterocycles. The molecule has 5 nitrogen and oxygen atoms in total. The summed E-state index contributed by atoms with van der Waals surface area (Å²) in [5, 5.41) is 10.5. The number of nitrogens with zero attached hydrogens (tertiary/aromatic N) is 2. The third-order valence-corrected chi connectivity index (χ3v) is 4.20. The minimum atomic E-state index is -0.0556. The van der Waals surface area contributed by atoms with Gasteiger partial charge < -0.3 is 10.6 Å². The van der Waals surface area contributed by atoms with E-state index < -0.39 is 0 Å². The van der Waals surface area contributed by atoms with E-state index in [9.17, 15) is 4.79 Å². The molecule has 0 radical (unpaired) electrons. The van der Waals surface area contributed by atoms with Gasteiger partial charge in [0.05, 0.1) is 5.69 Å². The number of urea groups is 1. The van der Waals surface area contributed by atoms with Crippen LogP contribution in [0.2, 0.25) is 0 Å². The van der Waals surface area contributed by atoms with Crippen LogP contribution >= 0.6 is 0 Å². The number of hydrogen-bond donors (Lipinski definition) is 2. The summed E-state index contributed by atoms with van der Waals surface area (Å²) in [6.45, 7) is 7.54. The number of amides is 2. The van der Waals surface area contributed by atoms with Crippen LogP contribution in [0.25, 0.3) is 0 Å². The highest BCUT2D eigenvalue weighted by Crippen LogP contribution is 2.17. The van der Waals surface area contributed by atoms with Gasteiger partial charge in [-0.3, -0.25) is 4.68 Å². The van der Waals surface area contributed by atoms with Gasteiger partial charge in [0.25, 0.3) is 0 Å². The maximum Gasteiger partial charge on any atom is 0.315 e. The van der Waals surface area contributed by atoms with Gasteiger partial charge in [0.2, 0.25) is 0 Å². The van der Waals surface area contributed by atoms with Gasteiger partial charge in [0.1, 0.15) is 0 Å². The van der Waals surface area contributed by atoms with Crippen LogP contribution in [0.3, 0.4) is 0 Å². The third-order valence-electron chi connectivity index (χ3n) is 4.20. The molecule has 2 amide bonds. The Morgan fingerprint density at radius 1 is 1.30 bits per heavy atom. The van der Waals surface area contributed by atoms with E-state index in [-0.39, 0.29) is 6.03 Å². The van der Waals surface area contributed by atoms with Crippen LogP contribution in [0.15, 0.2) is 0 Å². The van der Waals surface area contributed by atoms with Crippen molar-refractivity contribution in [1.29, 1.82) is 0 Å². The fourth-order valence-electron chi connectivity index (χ4n) is 2.95. The molecule has 0 atom stereocenters. The molecule has 0 unspecified atom stereocenters. The lowest BCUT2D eigenvalue weighted by Crippen LogP contribution is -2.42. The molecule has 1 heterocycles. The second kappa shape index (κ2) is 6.77. The highest BCUT2D eigenvalue weighted by atomic mass is 16.2. The first-order chi connectivity index (χ1) is 9.61. The fourth-order valence-corrected chi connectivity index (χ4v) is 2.95. The Morgan fingerprint density at radius 3 is 2.60 bits per heavy atom. The molecular weight excluding hydrogens is 252 g/mol. The van der Waals surface area contributed by atoms with Gasteiger partial charge in [-0.05, 0) is 33.6 Å². The monoisotopic (exact) mass is 278 g/mol. The Bertz CT molecular complexity index is 461. The van der Waals surface area contributed by atoms with Gasteiger partial charge in [-0.1, -0.05) is 19.3 Å². The fraction of sp³-hybridized carbons (Fsp3) is 0.733. The lowest BCUT2D eigenvalue weighted by Gasteiger charge is -2.22. The Labute approximate surface area is 121 Å². The molecule has 0 spiro atoms. The van der Waals surface area contributed by atoms with Crippen LogP contribution in [0.1, 0.15) is 56.0 Å². The first kappa shape index (κ1) is 14.9. The minimum absolute atomic E-state index is 0.0556. The minimum Gasteiger partial charge on any atom is -0.335 e. The summed E-state index contributed by atoms with van der Waals surface area (Å²) in [6.07, 6.45) is 5.98. The molecule has 1 aromatic rings. The van der Waals surface area contributed by atoms with Crippen molar-refractivity contribution in [2.24, 2.45) is 0 Å². The summed E-state index contributed by atoms with van der Waals surface area (Å²) < 4.78 is 1.98. The zero-order valence-corrected chi connectivity index (χ0v) is 12.8. The van der Waals surface area contributed by atoms with Gasteiger partial charge in [-0.15, -0.1) is 0 Å². The predicted octanol–water partition coefficient (Wildman–Crippen LogP) is 2.65. The average molecular weight is 278 g/mol. The van der Waals surface area contributed by atoms with Gasteiger partial charge >= 0.3 is 6.03 Å². The molecule has 5 heteroatoms. The number of hydrogen-bond acceptors (Lipinski definition) is 2. The van der Waals surface area contributed by atoms with E-state index in [2.05, 4.69) is 29.6 Å². The van der Waals surface area contributed by atoms with Crippen LogP contribution in [0.5, 0.6) is 0 Å². The maximum absolute atomic E-state index is 11.9. The van der Waals surface area contributed by atoms with E-state index in [1.165, 1.54) is 19.3 Å². The van der Waals surface area contributed by atoms with E-state index >= 15 is 0 Å². The van der Waals surface area contributed by atoms with Crippen molar-refractivity contribution in [2.45, 2.75) is 72.0 Å². The molecule has 0 bridgehead atoms. The topological polar surface area (TPSA) is 59.0 Å². The largest absolute Gasteiger partial charge is 0.335 e. The Kier molecular flexibility index (Phi) is 5.04. The van der Waals surface area contributed by atoms with Crippen molar-refractivity contribution in [3.8, 4) is 0 Å². The van der Waals surface area contributed by atoms with Crippen LogP contribution in [-0.4, -0.2) is 21.9 Å². The molecule has 2 N–H and O–H groups in total. The molecule has 1 aliphatic rings. The van der Waals surface area contributed by atoms with Crippen molar-refractivity contribution < 1.29 is 4.79 Å². The number of aryl methyl sites for hydroxylation is 2. The molecular formula is C15H26N4O. The van der Waals surface area contributed by atoms with Crippen LogP contribution in [0, 0.1) is 13.8 Å². The highest BCUT2D eigenvalue weighted by Gasteiger charge is 2.16. The van der Waals surface area contributed by atoms with Crippen molar-refractivity contribution in [3.63, 3.8) is 0 Å². The summed E-state index contributed by atoms with van der Waals surface area (Å²) in [7, 11) is 0. The summed E-state index contributed by atoms with van der Waals surface area (Å²) >= 11 is 0. The molecule has 1 fully saturated rings. The lowest BCUT2D eigenvalue weighted by atomic mass is 9.96. The molecule has 112 valence electrons. The van der Waals surface area contributed by atoms with Crippen molar-refractivity contribution >= 4 is 6.03 Å². The SMILES string of the molecule is CCn1nc(C)c(CNC(=O)NC2CCCCC2)c1C. The Hall–Kier alpha value is -1.52. The molecule has 1 aliphatic carbocycles. The van der Waals surface area contributed by atoms with E-state index in [0.717, 1.165) is 36.3 Å². The normalized spacial score (nSPS) is 16.1. The Balaban J connectivity index is 1.85. The smallest absolute Gasteiger partial charge is 0.315 e. The number of aromatic nitrogens is 2. The van der Waals surface area contributed by atoms with Crippen LogP contribution in [0.4, 0.5) is 4.79 Å². The number of rotatable bonds is 4. The van der Waals surface area contributed by atoms with Gasteiger partial charge in [-0.25, -0.2) is 4.79 Å². The molecule has 20 heavy (non-hydrogen) atoms. The second-order valence-corrected chi connectivity index (χ2v) is 5.63. The van der Waals surface area contributed by atoms with Crippen LogP contribution < -0.4 is 10.6 Å². The number of nitrogens with one attached hydrogen (secondary N) is 2. The van der Waals surface area contributed by atoms with E-state index in [1.54, 1.807) is 0 Å². The van der Waals surface area contributed by atoms with Gasteiger partial charge in [0.15, 0.2) is 0 Å². The van der Waals surface area contributed by atoms with Crippen molar-refractivity contribution in [1.82, 2.24) is 20.4 Å². The predicted molar refractivity (Wildman–Crippen MR) is 79.6 cm³/mol. The van der Waals surface area contributed by atoms with E-state index in [4.69, 9.17) is 0 Å². The van der Waals surface area contributed by atoms with E-state index in [0.29, 0.717) is 12.6 Å². The summed E-state index contributed by atoms with van der Waals surface area (Å²) in [4.78, 5) is 11.9. The summed E-state index contributed by atoms with van der Waals surface area (Å²) in [6, 6.07) is 0.296. The lowest BCUT2D eigenvalue weighted by molar-refractivity contribution is 0.232. The average Bonchev–Trinajstić information content (AvgIpc) is 2.72. The zero-order chi connectivity index (χ0) is 14.5. The molecule has 1 aromatic heterocycles. The third kappa shape index (κ3) is 3.52. The standard InChI is InChI=1S/C15H26N4O/c1-4-19-12(3)14(11(2)18-19)10-16-15(20)17-13-8-6-5-7-9-13/h13H,4-10H2,1-3H3,(H2,16,17,20). The molecule has 2 rings (SSSR count). The first-order valence-electron chi connectivity index (χ1n) is 7.69. The second-order valence-electron chi connectivity index (χ2n) is 5.63. The number of carbonyl (C=O) groups excluding carboxylic acids is 1. The molecule has 0 aromatic carbocycles. The van der Waals surface area contributed by atoms with E-state index in [1.807, 2.05) is 11.6 Å². The molecule has 0 saturated heterocycles. The van der Waals surface area contributed by atoms with Gasteiger partial charge in [0, 0.05) is 30.4 Å².